The molecule has 7 heteroatoms. The van der Waals surface area contributed by atoms with Crippen molar-refractivity contribution in [2.75, 3.05) is 26.7 Å². The van der Waals surface area contributed by atoms with Crippen molar-refractivity contribution >= 4 is 12.0 Å². The van der Waals surface area contributed by atoms with Crippen LogP contribution in [-0.2, 0) is 16.1 Å². The fourth-order valence-electron chi connectivity index (χ4n) is 4.84. The van der Waals surface area contributed by atoms with E-state index in [-0.39, 0.29) is 31.1 Å². The summed E-state index contributed by atoms with van der Waals surface area (Å²) in [6, 6.07) is 15.5. The predicted octanol–water partition coefficient (Wildman–Crippen LogP) is 4.50. The number of carbonyl (C=O) groups is 2. The van der Waals surface area contributed by atoms with Crippen molar-refractivity contribution in [1.29, 1.82) is 0 Å². The van der Waals surface area contributed by atoms with E-state index in [9.17, 15) is 9.59 Å². The number of benzene rings is 2. The number of hydrogen-bond acceptors (Lipinski definition) is 5. The summed E-state index contributed by atoms with van der Waals surface area (Å²) in [4.78, 5) is 26.6. The van der Waals surface area contributed by atoms with Gasteiger partial charge in [-0.15, -0.1) is 0 Å². The molecular weight excluding hydrogens is 432 g/mol. The Balaban J connectivity index is 1.31. The van der Waals surface area contributed by atoms with Gasteiger partial charge < -0.3 is 24.4 Å². The lowest BCUT2D eigenvalue weighted by Crippen LogP contribution is -2.39. The average molecular weight is 467 g/mol. The minimum Gasteiger partial charge on any atom is -0.493 e. The standard InChI is InChI=1S/C27H34N2O5/c1-19-16-29(26(30)15-28-27(31)33-18-20-8-4-3-5-9-20)17-23(19)21-12-13-24(32-2)25(14-21)34-22-10-6-7-11-22/h3-5,8-9,12-14,19,22-23H,6-7,10-11,15-18H2,1-2H3,(H,28,31)/t19-,23+/m0/s1. The Hall–Kier alpha value is -3.22. The highest BCUT2D eigenvalue weighted by Crippen LogP contribution is 2.38. The molecule has 0 aromatic heterocycles. The summed E-state index contributed by atoms with van der Waals surface area (Å²) < 4.78 is 17.0. The lowest BCUT2D eigenvalue weighted by Gasteiger charge is -2.20. The number of alkyl carbamates (subject to hydrolysis) is 1. The van der Waals surface area contributed by atoms with E-state index in [4.69, 9.17) is 14.2 Å². The molecule has 0 bridgehead atoms. The molecule has 1 heterocycles. The topological polar surface area (TPSA) is 77.1 Å². The zero-order valence-corrected chi connectivity index (χ0v) is 20.0. The van der Waals surface area contributed by atoms with Crippen molar-refractivity contribution in [3.8, 4) is 11.5 Å². The maximum Gasteiger partial charge on any atom is 0.407 e. The van der Waals surface area contributed by atoms with Gasteiger partial charge in [0.1, 0.15) is 13.2 Å². The minimum atomic E-state index is -0.593. The van der Waals surface area contributed by atoms with E-state index in [2.05, 4.69) is 24.4 Å². The van der Waals surface area contributed by atoms with Crippen LogP contribution in [0.15, 0.2) is 48.5 Å². The molecule has 2 atom stereocenters. The number of nitrogens with one attached hydrogen (secondary N) is 1. The molecule has 7 nitrogen and oxygen atoms in total. The Morgan fingerprint density at radius 3 is 2.53 bits per heavy atom. The first-order chi connectivity index (χ1) is 16.5. The van der Waals surface area contributed by atoms with Gasteiger partial charge in [-0.05, 0) is 54.9 Å². The van der Waals surface area contributed by atoms with Crippen LogP contribution in [0, 0.1) is 5.92 Å². The maximum atomic E-state index is 12.8. The normalized spacial score (nSPS) is 20.2. The van der Waals surface area contributed by atoms with Crippen LogP contribution in [0.3, 0.4) is 0 Å². The molecule has 1 aliphatic heterocycles. The second-order valence-electron chi connectivity index (χ2n) is 9.23. The van der Waals surface area contributed by atoms with Crippen LogP contribution in [-0.4, -0.2) is 49.7 Å². The van der Waals surface area contributed by atoms with Crippen LogP contribution in [0.2, 0.25) is 0 Å². The Morgan fingerprint density at radius 1 is 1.03 bits per heavy atom. The quantitative estimate of drug-likeness (QED) is 0.620. The molecule has 1 saturated heterocycles. The second-order valence-corrected chi connectivity index (χ2v) is 9.23. The number of nitrogens with zero attached hydrogens (tertiary/aromatic N) is 1. The highest BCUT2D eigenvalue weighted by molar-refractivity contribution is 5.82. The zero-order chi connectivity index (χ0) is 23.9. The Morgan fingerprint density at radius 2 is 1.79 bits per heavy atom. The van der Waals surface area contributed by atoms with Crippen LogP contribution < -0.4 is 14.8 Å². The average Bonchev–Trinajstić information content (AvgIpc) is 3.51. The first-order valence-corrected chi connectivity index (χ1v) is 12.1. The van der Waals surface area contributed by atoms with E-state index in [0.29, 0.717) is 19.0 Å². The van der Waals surface area contributed by atoms with Gasteiger partial charge in [0.2, 0.25) is 5.91 Å². The third-order valence-corrected chi connectivity index (χ3v) is 6.77. The van der Waals surface area contributed by atoms with Gasteiger partial charge in [0.25, 0.3) is 0 Å². The molecule has 1 aliphatic carbocycles. The number of ether oxygens (including phenoxy) is 3. The molecule has 34 heavy (non-hydrogen) atoms. The first kappa shape index (κ1) is 23.9. The molecule has 0 radical (unpaired) electrons. The SMILES string of the molecule is COc1ccc([C@@H]2CN(C(=O)CNC(=O)OCc3ccccc3)C[C@@H]2C)cc1OC1CCCC1. The van der Waals surface area contributed by atoms with E-state index in [0.717, 1.165) is 35.5 Å². The van der Waals surface area contributed by atoms with Gasteiger partial charge >= 0.3 is 6.09 Å². The molecule has 2 aliphatic rings. The van der Waals surface area contributed by atoms with Gasteiger partial charge in [0.15, 0.2) is 11.5 Å². The molecule has 2 aromatic rings. The number of likely N-dealkylation sites (tertiary alicyclic amines) is 1. The smallest absolute Gasteiger partial charge is 0.407 e. The van der Waals surface area contributed by atoms with Gasteiger partial charge in [-0.2, -0.15) is 0 Å². The highest BCUT2D eigenvalue weighted by Gasteiger charge is 2.34. The van der Waals surface area contributed by atoms with Crippen molar-refractivity contribution in [1.82, 2.24) is 10.2 Å². The number of hydrogen-bond donors (Lipinski definition) is 1. The number of amides is 2. The molecule has 182 valence electrons. The monoisotopic (exact) mass is 466 g/mol. The van der Waals surface area contributed by atoms with E-state index >= 15 is 0 Å². The lowest BCUT2D eigenvalue weighted by molar-refractivity contribution is -0.129. The highest BCUT2D eigenvalue weighted by atomic mass is 16.5. The minimum absolute atomic E-state index is 0.0777. The predicted molar refractivity (Wildman–Crippen MR) is 129 cm³/mol. The van der Waals surface area contributed by atoms with E-state index < -0.39 is 6.09 Å². The molecule has 2 amide bonds. The van der Waals surface area contributed by atoms with Crippen LogP contribution in [0.25, 0.3) is 0 Å². The van der Waals surface area contributed by atoms with Crippen molar-refractivity contribution in [3.63, 3.8) is 0 Å². The number of carbonyl (C=O) groups excluding carboxylic acids is 2. The summed E-state index contributed by atoms with van der Waals surface area (Å²) in [5, 5.41) is 2.57. The van der Waals surface area contributed by atoms with Gasteiger partial charge in [-0.25, -0.2) is 4.79 Å². The third-order valence-electron chi connectivity index (χ3n) is 6.77. The summed E-state index contributed by atoms with van der Waals surface area (Å²) in [5.74, 6) is 1.91. The maximum absolute atomic E-state index is 12.8. The largest absolute Gasteiger partial charge is 0.493 e. The molecule has 1 saturated carbocycles. The van der Waals surface area contributed by atoms with Crippen molar-refractivity contribution < 1.29 is 23.8 Å². The van der Waals surface area contributed by atoms with Crippen LogP contribution in [0.4, 0.5) is 4.79 Å². The van der Waals surface area contributed by atoms with Crippen LogP contribution in [0.5, 0.6) is 11.5 Å². The van der Waals surface area contributed by atoms with Gasteiger partial charge in [0.05, 0.1) is 13.2 Å². The van der Waals surface area contributed by atoms with E-state index in [1.807, 2.05) is 41.3 Å². The van der Waals surface area contributed by atoms with Crippen molar-refractivity contribution in [3.05, 3.63) is 59.7 Å². The van der Waals surface area contributed by atoms with Crippen LogP contribution >= 0.6 is 0 Å². The summed E-state index contributed by atoms with van der Waals surface area (Å²) >= 11 is 0. The van der Waals surface area contributed by atoms with Crippen molar-refractivity contribution in [2.45, 2.75) is 51.2 Å². The van der Waals surface area contributed by atoms with Gasteiger partial charge in [-0.3, -0.25) is 4.79 Å². The Labute approximate surface area is 201 Å². The molecule has 0 spiro atoms. The third kappa shape index (κ3) is 6.01. The second kappa shape index (κ2) is 11.3. The summed E-state index contributed by atoms with van der Waals surface area (Å²) in [5.41, 5.74) is 2.04. The number of rotatable bonds is 8. The van der Waals surface area contributed by atoms with E-state index in [1.54, 1.807) is 7.11 Å². The Kier molecular flexibility index (Phi) is 7.93. The molecule has 2 fully saturated rings. The van der Waals surface area contributed by atoms with E-state index in [1.165, 1.54) is 12.8 Å². The van der Waals surface area contributed by atoms with Crippen LogP contribution in [0.1, 0.15) is 49.7 Å². The summed E-state index contributed by atoms with van der Waals surface area (Å²) in [6.45, 7) is 3.50. The van der Waals surface area contributed by atoms with Gasteiger partial charge in [0, 0.05) is 19.0 Å². The fourth-order valence-corrected chi connectivity index (χ4v) is 4.84. The Bertz CT molecular complexity index is 974. The molecule has 2 aromatic carbocycles. The number of methoxy groups -OCH3 is 1. The fraction of sp³-hybridized carbons (Fsp3) is 0.481. The molecule has 1 N–H and O–H groups in total. The van der Waals surface area contributed by atoms with Crippen molar-refractivity contribution in [2.24, 2.45) is 5.92 Å². The first-order valence-electron chi connectivity index (χ1n) is 12.1. The molecule has 0 unspecified atom stereocenters. The molecular formula is C27H34N2O5. The van der Waals surface area contributed by atoms with Gasteiger partial charge in [-0.1, -0.05) is 43.3 Å². The summed E-state index contributed by atoms with van der Waals surface area (Å²) in [6.07, 6.45) is 4.22. The molecule has 4 rings (SSSR count). The zero-order valence-electron chi connectivity index (χ0n) is 20.0. The summed E-state index contributed by atoms with van der Waals surface area (Å²) in [7, 11) is 1.66. The lowest BCUT2D eigenvalue weighted by atomic mass is 9.90.